The highest BCUT2D eigenvalue weighted by molar-refractivity contribution is 5.41. The Kier molecular flexibility index (Phi) is 7.30. The van der Waals surface area contributed by atoms with Crippen LogP contribution in [-0.4, -0.2) is 50.3 Å². The lowest BCUT2D eigenvalue weighted by molar-refractivity contribution is -0.251. The van der Waals surface area contributed by atoms with Crippen molar-refractivity contribution in [2.75, 3.05) is 0 Å². The fourth-order valence-corrected chi connectivity index (χ4v) is 9.11. The van der Waals surface area contributed by atoms with Gasteiger partial charge in [-0.05, 0) is 67.6 Å². The minimum Gasteiger partial charge on any atom is -0.465 e. The molecule has 4 fully saturated rings. The molecule has 4 aliphatic rings. The minimum absolute atomic E-state index is 0.0477. The molecule has 0 heterocycles. The molecule has 0 amide bonds. The van der Waals surface area contributed by atoms with E-state index in [-0.39, 0.29) is 58.5 Å². The number of carbonyl (C=O) groups excluding carboxylic acids is 4. The predicted molar refractivity (Wildman–Crippen MR) is 124 cm³/mol. The quantitative estimate of drug-likeness (QED) is 0.260. The summed E-state index contributed by atoms with van der Waals surface area (Å²) in [6, 6.07) is 0. The van der Waals surface area contributed by atoms with Crippen LogP contribution in [0.25, 0.3) is 0 Å². The van der Waals surface area contributed by atoms with Gasteiger partial charge in [0, 0.05) is 17.3 Å². The molecule has 0 aromatic heterocycles. The molecular weight excluding hydrogens is 452 g/mol. The summed E-state index contributed by atoms with van der Waals surface area (Å²) >= 11 is 0. The third-order valence-electron chi connectivity index (χ3n) is 10.7. The molecule has 0 unspecified atom stereocenters. The van der Waals surface area contributed by atoms with Crippen molar-refractivity contribution < 1.29 is 38.1 Å². The van der Waals surface area contributed by atoms with E-state index >= 15 is 0 Å². The van der Waals surface area contributed by atoms with E-state index in [9.17, 15) is 19.2 Å². The normalized spacial score (nSPS) is 47.0. The predicted octanol–water partition coefficient (Wildman–Crippen LogP) is 3.46. The molecule has 0 aromatic carbocycles. The lowest BCUT2D eigenvalue weighted by Gasteiger charge is -2.65. The molecule has 194 valence electrons. The van der Waals surface area contributed by atoms with E-state index in [4.69, 9.17) is 18.9 Å². The van der Waals surface area contributed by atoms with Gasteiger partial charge < -0.3 is 18.9 Å². The summed E-state index contributed by atoms with van der Waals surface area (Å²) in [5.74, 6) is 0.483. The van der Waals surface area contributed by atoms with E-state index in [1.165, 1.54) is 0 Å². The Balaban J connectivity index is 1.82. The summed E-state index contributed by atoms with van der Waals surface area (Å²) < 4.78 is 22.6. The van der Waals surface area contributed by atoms with Crippen molar-refractivity contribution in [3.05, 3.63) is 12.7 Å². The van der Waals surface area contributed by atoms with Crippen molar-refractivity contribution in [2.45, 2.75) is 83.7 Å². The molecule has 0 bridgehead atoms. The average molecular weight is 491 g/mol. The first-order chi connectivity index (χ1) is 16.8. The first kappa shape index (κ1) is 25.7. The van der Waals surface area contributed by atoms with Gasteiger partial charge in [-0.25, -0.2) is 0 Å². The smallest absolute Gasteiger partial charge is 0.293 e. The van der Waals surface area contributed by atoms with Crippen molar-refractivity contribution in [3.63, 3.8) is 0 Å². The molecule has 0 aliphatic heterocycles. The molecule has 35 heavy (non-hydrogen) atoms. The maximum absolute atomic E-state index is 11.7. The molecular formula is C27H38O8. The maximum Gasteiger partial charge on any atom is 0.293 e. The van der Waals surface area contributed by atoms with E-state index in [1.54, 1.807) is 0 Å². The number of carbonyl (C=O) groups is 4. The van der Waals surface area contributed by atoms with E-state index in [1.807, 2.05) is 6.08 Å². The van der Waals surface area contributed by atoms with Crippen LogP contribution in [0.4, 0.5) is 0 Å². The van der Waals surface area contributed by atoms with Crippen molar-refractivity contribution in [2.24, 2.45) is 46.3 Å². The van der Waals surface area contributed by atoms with E-state index in [0.29, 0.717) is 45.2 Å². The van der Waals surface area contributed by atoms with Crippen molar-refractivity contribution in [1.82, 2.24) is 0 Å². The van der Waals surface area contributed by atoms with Crippen LogP contribution < -0.4 is 0 Å². The molecule has 8 heteroatoms. The highest BCUT2D eigenvalue weighted by atomic mass is 16.6. The highest BCUT2D eigenvalue weighted by Gasteiger charge is 2.70. The summed E-state index contributed by atoms with van der Waals surface area (Å²) in [5, 5.41) is 0. The summed E-state index contributed by atoms with van der Waals surface area (Å²) in [5.41, 5.74) is -0.593. The van der Waals surface area contributed by atoms with Gasteiger partial charge in [0.2, 0.25) is 0 Å². The molecule has 0 aromatic rings. The van der Waals surface area contributed by atoms with Crippen molar-refractivity contribution in [1.29, 1.82) is 0 Å². The average Bonchev–Trinajstić information content (AvgIpc) is 3.20. The Labute approximate surface area is 207 Å². The van der Waals surface area contributed by atoms with Crippen LogP contribution in [0.15, 0.2) is 12.7 Å². The SMILES string of the molecule is C=C[C@@H](C)[C@H]1CC[C@H]2[C@@H]3[C@H](OC=O)[C@H](OC=O)[C@@H]4C[C@H](OC=O)CC[C@]4(C)[C@H]3C[C@H](OC=O)[C@]12C. The Morgan fingerprint density at radius 2 is 1.46 bits per heavy atom. The lowest BCUT2D eigenvalue weighted by Crippen LogP contribution is -2.67. The zero-order chi connectivity index (χ0) is 25.4. The van der Waals surface area contributed by atoms with Crippen LogP contribution in [0.5, 0.6) is 0 Å². The highest BCUT2D eigenvalue weighted by Crippen LogP contribution is 2.69. The van der Waals surface area contributed by atoms with Crippen LogP contribution >= 0.6 is 0 Å². The number of rotatable bonds is 10. The Morgan fingerprint density at radius 1 is 0.800 bits per heavy atom. The summed E-state index contributed by atoms with van der Waals surface area (Å²) in [6.45, 7) is 12.5. The zero-order valence-corrected chi connectivity index (χ0v) is 20.9. The first-order valence-electron chi connectivity index (χ1n) is 12.8. The minimum atomic E-state index is -0.634. The first-order valence-corrected chi connectivity index (χ1v) is 12.8. The van der Waals surface area contributed by atoms with Gasteiger partial charge in [0.25, 0.3) is 25.9 Å². The number of hydrogen-bond donors (Lipinski definition) is 0. The van der Waals surface area contributed by atoms with E-state index in [0.717, 1.165) is 19.3 Å². The van der Waals surface area contributed by atoms with Crippen molar-refractivity contribution >= 4 is 25.9 Å². The topological polar surface area (TPSA) is 105 Å². The molecule has 0 N–H and O–H groups in total. The largest absolute Gasteiger partial charge is 0.465 e. The zero-order valence-electron chi connectivity index (χ0n) is 20.9. The molecule has 8 nitrogen and oxygen atoms in total. The third kappa shape index (κ3) is 3.87. The molecule has 0 spiro atoms. The van der Waals surface area contributed by atoms with Crippen LogP contribution in [0.3, 0.4) is 0 Å². The molecule has 4 rings (SSSR count). The van der Waals surface area contributed by atoms with Gasteiger partial charge in [0.15, 0.2) is 0 Å². The van der Waals surface area contributed by atoms with Crippen LogP contribution in [0.2, 0.25) is 0 Å². The van der Waals surface area contributed by atoms with Crippen LogP contribution in [0.1, 0.15) is 59.3 Å². The number of fused-ring (bicyclic) bond motifs is 5. The van der Waals surface area contributed by atoms with Gasteiger partial charge in [-0.2, -0.15) is 0 Å². The van der Waals surface area contributed by atoms with Gasteiger partial charge in [-0.15, -0.1) is 6.58 Å². The second kappa shape index (κ2) is 9.94. The number of ether oxygens (including phenoxy) is 4. The fourth-order valence-electron chi connectivity index (χ4n) is 9.11. The Bertz CT molecular complexity index is 830. The van der Waals surface area contributed by atoms with Crippen molar-refractivity contribution in [3.8, 4) is 0 Å². The van der Waals surface area contributed by atoms with E-state index in [2.05, 4.69) is 27.4 Å². The third-order valence-corrected chi connectivity index (χ3v) is 10.7. The standard InChI is InChI=1S/C27H38O8/c1-5-16(2)18-6-7-19-23-20(11-22(33-13-29)27(18,19)4)26(3)9-8-17(32-12-28)10-21(26)24(34-14-30)25(23)35-15-31/h5,12-25H,1,6-11H2,2-4H3/t16-,17-,18-,19+,20+,21+,22+,23+,24-,25+,26-,27-/m1/s1. The number of allylic oxidation sites excluding steroid dienone is 1. The maximum atomic E-state index is 11.7. The van der Waals surface area contributed by atoms with E-state index < -0.39 is 12.2 Å². The number of hydrogen-bond acceptors (Lipinski definition) is 8. The van der Waals surface area contributed by atoms with Gasteiger partial charge in [0.1, 0.15) is 24.4 Å². The van der Waals surface area contributed by atoms with Gasteiger partial charge in [0.05, 0.1) is 0 Å². The summed E-state index contributed by atoms with van der Waals surface area (Å²) in [7, 11) is 0. The van der Waals surface area contributed by atoms with Crippen LogP contribution in [-0.2, 0) is 38.1 Å². The van der Waals surface area contributed by atoms with Gasteiger partial charge in [-0.3, -0.25) is 19.2 Å². The Hall–Kier alpha value is -2.38. The monoisotopic (exact) mass is 490 g/mol. The van der Waals surface area contributed by atoms with Gasteiger partial charge >= 0.3 is 0 Å². The molecule has 12 atom stereocenters. The second-order valence-corrected chi connectivity index (χ2v) is 11.5. The Morgan fingerprint density at radius 3 is 2.09 bits per heavy atom. The molecule has 0 saturated heterocycles. The molecule has 0 radical (unpaired) electrons. The molecule has 4 aliphatic carbocycles. The van der Waals surface area contributed by atoms with Gasteiger partial charge in [-0.1, -0.05) is 26.8 Å². The van der Waals surface area contributed by atoms with Crippen LogP contribution in [0, 0.1) is 46.3 Å². The second-order valence-electron chi connectivity index (χ2n) is 11.5. The summed E-state index contributed by atoms with van der Waals surface area (Å²) in [4.78, 5) is 46.1. The lowest BCUT2D eigenvalue weighted by atomic mass is 9.42. The fraction of sp³-hybridized carbons (Fsp3) is 0.778. The summed E-state index contributed by atoms with van der Waals surface area (Å²) in [6.07, 6.45) is 4.67. The molecule has 4 saturated carbocycles.